The quantitative estimate of drug-likeness (QED) is 0.765. The molecule has 0 aliphatic heterocycles. The second kappa shape index (κ2) is 6.21. The van der Waals surface area contributed by atoms with Crippen molar-refractivity contribution in [3.63, 3.8) is 0 Å². The second-order valence-corrected chi connectivity index (χ2v) is 6.00. The predicted molar refractivity (Wildman–Crippen MR) is 68.4 cm³/mol. The number of aliphatic carboxylic acids is 2. The molecule has 104 valence electrons. The zero-order valence-electron chi connectivity index (χ0n) is 11.3. The van der Waals surface area contributed by atoms with Crippen LogP contribution in [0.3, 0.4) is 0 Å². The average molecular weight is 256 g/mol. The summed E-state index contributed by atoms with van der Waals surface area (Å²) in [5, 5.41) is 18.5. The largest absolute Gasteiger partial charge is 0.481 e. The van der Waals surface area contributed by atoms with E-state index in [-0.39, 0.29) is 0 Å². The minimum Gasteiger partial charge on any atom is -0.481 e. The Hall–Kier alpha value is -1.06. The molecule has 2 N–H and O–H groups in total. The van der Waals surface area contributed by atoms with E-state index in [1.54, 1.807) is 0 Å². The molecule has 1 saturated carbocycles. The van der Waals surface area contributed by atoms with Gasteiger partial charge in [0.1, 0.15) is 0 Å². The van der Waals surface area contributed by atoms with Crippen molar-refractivity contribution >= 4 is 11.9 Å². The molecule has 2 unspecified atom stereocenters. The molecule has 4 nitrogen and oxygen atoms in total. The van der Waals surface area contributed by atoms with Crippen LogP contribution in [0.25, 0.3) is 0 Å². The summed E-state index contributed by atoms with van der Waals surface area (Å²) in [5.41, 5.74) is -0.795. The fourth-order valence-electron chi connectivity index (χ4n) is 2.95. The van der Waals surface area contributed by atoms with Crippen LogP contribution >= 0.6 is 0 Å². The molecule has 2 atom stereocenters. The molecular formula is C14H24O4. The van der Waals surface area contributed by atoms with E-state index in [1.165, 1.54) is 0 Å². The summed E-state index contributed by atoms with van der Waals surface area (Å²) in [4.78, 5) is 22.6. The maximum atomic E-state index is 11.5. The Morgan fingerprint density at radius 2 is 2.00 bits per heavy atom. The van der Waals surface area contributed by atoms with Gasteiger partial charge in [-0.1, -0.05) is 33.1 Å². The van der Waals surface area contributed by atoms with Gasteiger partial charge >= 0.3 is 11.9 Å². The summed E-state index contributed by atoms with van der Waals surface area (Å²) >= 11 is 0. The molecule has 18 heavy (non-hydrogen) atoms. The molecule has 0 aromatic heterocycles. The predicted octanol–water partition coefficient (Wildman–Crippen LogP) is 3.16. The fourth-order valence-corrected chi connectivity index (χ4v) is 2.95. The third-order valence-corrected chi connectivity index (χ3v) is 4.08. The number of hydrogen-bond donors (Lipinski definition) is 2. The molecule has 1 fully saturated rings. The fraction of sp³-hybridized carbons (Fsp3) is 0.857. The standard InChI is InChI=1S/C14H24O4/c1-10(2)5-3-7-14(13(17)18)8-4-6-11(9-14)12(15)16/h10-11H,3-9H2,1-2H3,(H,15,16)(H,17,18). The van der Waals surface area contributed by atoms with Gasteiger partial charge in [0.2, 0.25) is 0 Å². The SMILES string of the molecule is CC(C)CCCC1(C(=O)O)CCCC(C(=O)O)C1. The Balaban J connectivity index is 2.67. The maximum absolute atomic E-state index is 11.5. The first kappa shape index (κ1) is 15.0. The van der Waals surface area contributed by atoms with Crippen LogP contribution in [0.15, 0.2) is 0 Å². The van der Waals surface area contributed by atoms with E-state index < -0.39 is 23.3 Å². The Kier molecular flexibility index (Phi) is 5.17. The topological polar surface area (TPSA) is 74.6 Å². The van der Waals surface area contributed by atoms with E-state index in [2.05, 4.69) is 13.8 Å². The Morgan fingerprint density at radius 1 is 1.33 bits per heavy atom. The molecule has 4 heteroatoms. The van der Waals surface area contributed by atoms with E-state index in [4.69, 9.17) is 5.11 Å². The first-order valence-corrected chi connectivity index (χ1v) is 6.83. The molecule has 0 bridgehead atoms. The van der Waals surface area contributed by atoms with Crippen molar-refractivity contribution in [2.45, 2.75) is 58.8 Å². The summed E-state index contributed by atoms with van der Waals surface area (Å²) in [6.07, 6.45) is 4.76. The summed E-state index contributed by atoms with van der Waals surface area (Å²) < 4.78 is 0. The van der Waals surface area contributed by atoms with Gasteiger partial charge in [-0.3, -0.25) is 9.59 Å². The van der Waals surface area contributed by atoms with Crippen LogP contribution < -0.4 is 0 Å². The van der Waals surface area contributed by atoms with Crippen LogP contribution in [0.5, 0.6) is 0 Å². The Morgan fingerprint density at radius 3 is 2.50 bits per heavy atom. The number of carboxylic acid groups (broad SMARTS) is 2. The number of carbonyl (C=O) groups is 2. The molecule has 1 aliphatic carbocycles. The van der Waals surface area contributed by atoms with E-state index in [9.17, 15) is 14.7 Å². The second-order valence-electron chi connectivity index (χ2n) is 6.00. The minimum absolute atomic E-state index is 0.301. The molecule has 0 aromatic rings. The normalized spacial score (nSPS) is 28.3. The number of rotatable bonds is 6. The van der Waals surface area contributed by atoms with Crippen molar-refractivity contribution in [2.75, 3.05) is 0 Å². The minimum atomic E-state index is -0.843. The lowest BCUT2D eigenvalue weighted by Crippen LogP contribution is -2.38. The summed E-state index contributed by atoms with van der Waals surface area (Å²) in [5.74, 6) is -1.56. The molecule has 1 rings (SSSR count). The molecule has 1 aliphatic rings. The zero-order valence-corrected chi connectivity index (χ0v) is 11.3. The molecule has 0 saturated heterocycles. The van der Waals surface area contributed by atoms with Gasteiger partial charge in [-0.2, -0.15) is 0 Å². The highest BCUT2D eigenvalue weighted by Gasteiger charge is 2.44. The van der Waals surface area contributed by atoms with Crippen molar-refractivity contribution in [1.82, 2.24) is 0 Å². The van der Waals surface area contributed by atoms with Crippen LogP contribution in [0.4, 0.5) is 0 Å². The van der Waals surface area contributed by atoms with Gasteiger partial charge in [0, 0.05) is 0 Å². The van der Waals surface area contributed by atoms with Gasteiger partial charge < -0.3 is 10.2 Å². The lowest BCUT2D eigenvalue weighted by atomic mass is 9.67. The van der Waals surface area contributed by atoms with Crippen LogP contribution in [0.1, 0.15) is 58.8 Å². The molecule has 0 aromatic carbocycles. The van der Waals surface area contributed by atoms with Crippen molar-refractivity contribution < 1.29 is 19.8 Å². The van der Waals surface area contributed by atoms with E-state index in [1.807, 2.05) is 0 Å². The highest BCUT2D eigenvalue weighted by Crippen LogP contribution is 2.43. The van der Waals surface area contributed by atoms with Crippen LogP contribution in [-0.2, 0) is 9.59 Å². The van der Waals surface area contributed by atoms with Gasteiger partial charge in [0.15, 0.2) is 0 Å². The third kappa shape index (κ3) is 3.72. The smallest absolute Gasteiger partial charge is 0.309 e. The highest BCUT2D eigenvalue weighted by molar-refractivity contribution is 5.77. The average Bonchev–Trinajstić information content (AvgIpc) is 2.28. The third-order valence-electron chi connectivity index (χ3n) is 4.08. The monoisotopic (exact) mass is 256 g/mol. The first-order valence-electron chi connectivity index (χ1n) is 6.83. The number of carboxylic acids is 2. The van der Waals surface area contributed by atoms with Crippen molar-refractivity contribution in [2.24, 2.45) is 17.3 Å². The molecule has 0 heterocycles. The Labute approximate surface area is 108 Å². The summed E-state index contributed by atoms with van der Waals surface area (Å²) in [6, 6.07) is 0. The first-order chi connectivity index (χ1) is 8.37. The summed E-state index contributed by atoms with van der Waals surface area (Å²) in [7, 11) is 0. The van der Waals surface area contributed by atoms with Crippen molar-refractivity contribution in [3.8, 4) is 0 Å². The molecule has 0 radical (unpaired) electrons. The van der Waals surface area contributed by atoms with E-state index in [0.717, 1.165) is 12.8 Å². The highest BCUT2D eigenvalue weighted by atomic mass is 16.4. The van der Waals surface area contributed by atoms with Gasteiger partial charge in [0.25, 0.3) is 0 Å². The van der Waals surface area contributed by atoms with Crippen LogP contribution in [0.2, 0.25) is 0 Å². The van der Waals surface area contributed by atoms with Gasteiger partial charge in [-0.15, -0.1) is 0 Å². The van der Waals surface area contributed by atoms with Crippen molar-refractivity contribution in [3.05, 3.63) is 0 Å². The summed E-state index contributed by atoms with van der Waals surface area (Å²) in [6.45, 7) is 4.24. The van der Waals surface area contributed by atoms with Crippen molar-refractivity contribution in [1.29, 1.82) is 0 Å². The molecule has 0 spiro atoms. The zero-order chi connectivity index (χ0) is 13.8. The van der Waals surface area contributed by atoms with Crippen LogP contribution in [-0.4, -0.2) is 22.2 Å². The van der Waals surface area contributed by atoms with Gasteiger partial charge in [-0.05, 0) is 31.6 Å². The van der Waals surface area contributed by atoms with Gasteiger partial charge in [-0.25, -0.2) is 0 Å². The lowest BCUT2D eigenvalue weighted by molar-refractivity contribution is -0.156. The maximum Gasteiger partial charge on any atom is 0.309 e. The molecular weight excluding hydrogens is 232 g/mol. The van der Waals surface area contributed by atoms with E-state index >= 15 is 0 Å². The van der Waals surface area contributed by atoms with Crippen LogP contribution in [0, 0.1) is 17.3 Å². The number of hydrogen-bond acceptors (Lipinski definition) is 2. The lowest BCUT2D eigenvalue weighted by Gasteiger charge is -2.36. The molecule has 0 amide bonds. The Bertz CT molecular complexity index is 311. The van der Waals surface area contributed by atoms with E-state index in [0.29, 0.717) is 38.0 Å². The van der Waals surface area contributed by atoms with Gasteiger partial charge in [0.05, 0.1) is 11.3 Å².